The fourth-order valence-electron chi connectivity index (χ4n) is 1.32. The van der Waals surface area contributed by atoms with E-state index in [0.29, 0.717) is 5.56 Å². The maximum Gasteiger partial charge on any atom is 0.312 e. The van der Waals surface area contributed by atoms with Crippen molar-refractivity contribution in [2.24, 2.45) is 5.73 Å². The van der Waals surface area contributed by atoms with Gasteiger partial charge in [-0.05, 0) is 11.6 Å². The standard InChI is InChI=1S/C10H10BrF2NO2/c11-8-3-5(7(4-14)10(15)16)1-2-6(8)9(12)13/h1-3,7,9H,4,14H2,(H,15,16). The van der Waals surface area contributed by atoms with E-state index in [1.165, 1.54) is 18.2 Å². The molecule has 1 unspecified atom stereocenters. The lowest BCUT2D eigenvalue weighted by Gasteiger charge is -2.12. The molecule has 0 fully saturated rings. The zero-order valence-corrected chi connectivity index (χ0v) is 9.75. The molecule has 0 bridgehead atoms. The molecule has 1 rings (SSSR count). The van der Waals surface area contributed by atoms with Crippen molar-refractivity contribution in [2.75, 3.05) is 6.54 Å². The van der Waals surface area contributed by atoms with Crippen molar-refractivity contribution < 1.29 is 18.7 Å². The third-order valence-corrected chi connectivity index (χ3v) is 2.88. The number of rotatable bonds is 4. The molecule has 0 radical (unpaired) electrons. The SMILES string of the molecule is NCC(C(=O)O)c1ccc(C(F)F)c(Br)c1. The van der Waals surface area contributed by atoms with E-state index in [4.69, 9.17) is 10.8 Å². The van der Waals surface area contributed by atoms with Gasteiger partial charge >= 0.3 is 5.97 Å². The molecule has 3 nitrogen and oxygen atoms in total. The lowest BCUT2D eigenvalue weighted by Crippen LogP contribution is -2.21. The Kier molecular flexibility index (Phi) is 4.37. The molecule has 0 amide bonds. The zero-order valence-electron chi connectivity index (χ0n) is 8.16. The van der Waals surface area contributed by atoms with Crippen LogP contribution in [0.1, 0.15) is 23.5 Å². The normalized spacial score (nSPS) is 12.8. The highest BCUT2D eigenvalue weighted by Gasteiger charge is 2.20. The highest BCUT2D eigenvalue weighted by molar-refractivity contribution is 9.10. The molecular weight excluding hydrogens is 284 g/mol. The number of benzene rings is 1. The summed E-state index contributed by atoms with van der Waals surface area (Å²) in [6, 6.07) is 3.93. The van der Waals surface area contributed by atoms with Gasteiger partial charge in [-0.15, -0.1) is 0 Å². The summed E-state index contributed by atoms with van der Waals surface area (Å²) in [7, 11) is 0. The van der Waals surface area contributed by atoms with Gasteiger partial charge in [-0.3, -0.25) is 4.79 Å². The van der Waals surface area contributed by atoms with Gasteiger partial charge in [0.2, 0.25) is 0 Å². The van der Waals surface area contributed by atoms with E-state index < -0.39 is 18.3 Å². The Morgan fingerprint density at radius 2 is 2.12 bits per heavy atom. The smallest absolute Gasteiger partial charge is 0.312 e. The molecule has 16 heavy (non-hydrogen) atoms. The summed E-state index contributed by atoms with van der Waals surface area (Å²) in [5.41, 5.74) is 5.56. The molecule has 0 saturated heterocycles. The minimum absolute atomic E-state index is 0.0736. The Morgan fingerprint density at radius 1 is 1.50 bits per heavy atom. The van der Waals surface area contributed by atoms with Crippen molar-refractivity contribution >= 4 is 21.9 Å². The molecule has 1 aromatic carbocycles. The molecule has 1 atom stereocenters. The van der Waals surface area contributed by atoms with Crippen molar-refractivity contribution in [1.29, 1.82) is 0 Å². The number of carbonyl (C=O) groups is 1. The Morgan fingerprint density at radius 3 is 2.50 bits per heavy atom. The number of halogens is 3. The lowest BCUT2D eigenvalue weighted by atomic mass is 9.98. The van der Waals surface area contributed by atoms with Crippen LogP contribution in [-0.4, -0.2) is 17.6 Å². The Labute approximate surface area is 99.4 Å². The first-order chi connectivity index (χ1) is 7.47. The van der Waals surface area contributed by atoms with Crippen LogP contribution in [-0.2, 0) is 4.79 Å². The van der Waals surface area contributed by atoms with Gasteiger partial charge in [0.15, 0.2) is 0 Å². The van der Waals surface area contributed by atoms with E-state index in [-0.39, 0.29) is 16.6 Å². The first-order valence-electron chi connectivity index (χ1n) is 4.47. The van der Waals surface area contributed by atoms with Crippen molar-refractivity contribution in [3.05, 3.63) is 33.8 Å². The Bertz CT molecular complexity index is 398. The summed E-state index contributed by atoms with van der Waals surface area (Å²) in [5, 5.41) is 8.85. The lowest BCUT2D eigenvalue weighted by molar-refractivity contribution is -0.138. The average Bonchev–Trinajstić information content (AvgIpc) is 2.17. The Balaban J connectivity index is 3.09. The second kappa shape index (κ2) is 5.36. The summed E-state index contributed by atoms with van der Waals surface area (Å²) in [4.78, 5) is 10.8. The second-order valence-electron chi connectivity index (χ2n) is 3.21. The van der Waals surface area contributed by atoms with Gasteiger partial charge in [-0.25, -0.2) is 8.78 Å². The molecule has 0 aliphatic heterocycles. The number of carboxylic acids is 1. The van der Waals surface area contributed by atoms with Crippen molar-refractivity contribution in [3.8, 4) is 0 Å². The van der Waals surface area contributed by atoms with Crippen LogP contribution >= 0.6 is 15.9 Å². The van der Waals surface area contributed by atoms with E-state index in [0.717, 1.165) is 0 Å². The molecule has 0 saturated carbocycles. The highest BCUT2D eigenvalue weighted by Crippen LogP contribution is 2.30. The van der Waals surface area contributed by atoms with Crippen LogP contribution in [0.3, 0.4) is 0 Å². The minimum Gasteiger partial charge on any atom is -0.481 e. The third kappa shape index (κ3) is 2.76. The first kappa shape index (κ1) is 13.1. The summed E-state index contributed by atoms with van der Waals surface area (Å²) < 4.78 is 25.1. The average molecular weight is 294 g/mol. The van der Waals surface area contributed by atoms with E-state index >= 15 is 0 Å². The molecule has 1 aromatic rings. The fourth-order valence-corrected chi connectivity index (χ4v) is 1.89. The quantitative estimate of drug-likeness (QED) is 0.897. The third-order valence-electron chi connectivity index (χ3n) is 2.20. The van der Waals surface area contributed by atoms with E-state index in [2.05, 4.69) is 15.9 Å². The molecule has 88 valence electrons. The van der Waals surface area contributed by atoms with Gasteiger partial charge in [0.25, 0.3) is 6.43 Å². The van der Waals surface area contributed by atoms with Crippen LogP contribution in [0, 0.1) is 0 Å². The minimum atomic E-state index is -2.59. The fraction of sp³-hybridized carbons (Fsp3) is 0.300. The largest absolute Gasteiger partial charge is 0.481 e. The molecule has 0 heterocycles. The van der Waals surface area contributed by atoms with Crippen LogP contribution in [0.5, 0.6) is 0 Å². The van der Waals surface area contributed by atoms with E-state index in [9.17, 15) is 13.6 Å². The predicted molar refractivity (Wildman–Crippen MR) is 58.5 cm³/mol. The van der Waals surface area contributed by atoms with Crippen molar-refractivity contribution in [1.82, 2.24) is 0 Å². The summed E-state index contributed by atoms with van der Waals surface area (Å²) >= 11 is 2.98. The van der Waals surface area contributed by atoms with Crippen molar-refractivity contribution in [3.63, 3.8) is 0 Å². The topological polar surface area (TPSA) is 63.3 Å². The second-order valence-corrected chi connectivity index (χ2v) is 4.06. The Hall–Kier alpha value is -1.01. The number of nitrogens with two attached hydrogens (primary N) is 1. The van der Waals surface area contributed by atoms with Crippen LogP contribution < -0.4 is 5.73 Å². The van der Waals surface area contributed by atoms with Gasteiger partial charge < -0.3 is 10.8 Å². The molecule has 0 spiro atoms. The monoisotopic (exact) mass is 293 g/mol. The molecule has 0 aromatic heterocycles. The number of carboxylic acid groups (broad SMARTS) is 1. The maximum atomic E-state index is 12.4. The summed E-state index contributed by atoms with van der Waals surface area (Å²) in [5.74, 6) is -1.94. The number of alkyl halides is 2. The predicted octanol–water partition coefficient (Wildman–Crippen LogP) is 2.51. The van der Waals surface area contributed by atoms with Gasteiger partial charge in [-0.2, -0.15) is 0 Å². The molecule has 3 N–H and O–H groups in total. The number of aliphatic carboxylic acids is 1. The maximum absolute atomic E-state index is 12.4. The van der Waals surface area contributed by atoms with Crippen LogP contribution in [0.2, 0.25) is 0 Å². The zero-order chi connectivity index (χ0) is 12.3. The summed E-state index contributed by atoms with van der Waals surface area (Å²) in [6.07, 6.45) is -2.59. The van der Waals surface area contributed by atoms with Crippen LogP contribution in [0.4, 0.5) is 8.78 Å². The molecule has 6 heteroatoms. The van der Waals surface area contributed by atoms with Gasteiger partial charge in [0.1, 0.15) is 0 Å². The van der Waals surface area contributed by atoms with E-state index in [1.807, 2.05) is 0 Å². The summed E-state index contributed by atoms with van der Waals surface area (Å²) in [6.45, 7) is -0.0736. The van der Waals surface area contributed by atoms with Crippen molar-refractivity contribution in [2.45, 2.75) is 12.3 Å². The molecular formula is C10H10BrF2NO2. The van der Waals surface area contributed by atoms with Gasteiger partial charge in [0, 0.05) is 16.6 Å². The first-order valence-corrected chi connectivity index (χ1v) is 5.27. The number of hydrogen-bond donors (Lipinski definition) is 2. The number of hydrogen-bond acceptors (Lipinski definition) is 2. The molecule has 0 aliphatic rings. The van der Waals surface area contributed by atoms with Crippen LogP contribution in [0.15, 0.2) is 22.7 Å². The van der Waals surface area contributed by atoms with E-state index in [1.54, 1.807) is 0 Å². The van der Waals surface area contributed by atoms with Crippen LogP contribution in [0.25, 0.3) is 0 Å². The highest BCUT2D eigenvalue weighted by atomic mass is 79.9. The van der Waals surface area contributed by atoms with Gasteiger partial charge in [0.05, 0.1) is 5.92 Å². The van der Waals surface area contributed by atoms with Gasteiger partial charge in [-0.1, -0.05) is 28.1 Å². The molecule has 0 aliphatic carbocycles.